The Kier molecular flexibility index (Phi) is 4.78. The van der Waals surface area contributed by atoms with E-state index in [1.807, 2.05) is 0 Å². The van der Waals surface area contributed by atoms with Gasteiger partial charge in [-0.1, -0.05) is 0 Å². The molecule has 1 unspecified atom stereocenters. The predicted molar refractivity (Wildman–Crippen MR) is 105 cm³/mol. The van der Waals surface area contributed by atoms with Crippen molar-refractivity contribution >= 4 is 17.9 Å². The highest BCUT2D eigenvalue weighted by Crippen LogP contribution is 2.60. The molecule has 1 atom stereocenters. The molecule has 6 heteroatoms. The highest BCUT2D eigenvalue weighted by Gasteiger charge is 2.59. The van der Waals surface area contributed by atoms with Crippen LogP contribution < -0.4 is 0 Å². The first-order chi connectivity index (χ1) is 13.4. The zero-order valence-corrected chi connectivity index (χ0v) is 18.3. The highest BCUT2D eigenvalue weighted by atomic mass is 16.6. The van der Waals surface area contributed by atoms with Crippen LogP contribution in [0.1, 0.15) is 73.1 Å². The van der Waals surface area contributed by atoms with Crippen LogP contribution in [0, 0.1) is 34.5 Å². The minimum Gasteiger partial charge on any atom is -0.463 e. The maximum absolute atomic E-state index is 13.4. The van der Waals surface area contributed by atoms with E-state index in [9.17, 15) is 14.4 Å². The van der Waals surface area contributed by atoms with E-state index in [1.54, 1.807) is 27.7 Å². The van der Waals surface area contributed by atoms with Crippen molar-refractivity contribution in [3.63, 3.8) is 0 Å². The number of rotatable bonds is 5. The molecule has 1 saturated heterocycles. The van der Waals surface area contributed by atoms with Crippen LogP contribution in [0.25, 0.3) is 0 Å². The summed E-state index contributed by atoms with van der Waals surface area (Å²) in [5.74, 6) is 0.964. The Hall–Kier alpha value is -1.59. The lowest BCUT2D eigenvalue weighted by molar-refractivity contribution is -0.218. The van der Waals surface area contributed by atoms with Gasteiger partial charge in [0.05, 0.1) is 17.4 Å². The van der Waals surface area contributed by atoms with Crippen molar-refractivity contribution in [1.82, 2.24) is 0 Å². The second-order valence-corrected chi connectivity index (χ2v) is 11.0. The molecule has 0 aromatic heterocycles. The van der Waals surface area contributed by atoms with Crippen LogP contribution in [-0.4, -0.2) is 36.2 Å². The predicted octanol–water partition coefficient (Wildman–Crippen LogP) is 3.66. The van der Waals surface area contributed by atoms with Crippen LogP contribution in [0.2, 0.25) is 0 Å². The topological polar surface area (TPSA) is 78.9 Å². The Morgan fingerprint density at radius 1 is 0.931 bits per heavy atom. The van der Waals surface area contributed by atoms with E-state index in [0.29, 0.717) is 18.3 Å². The molecule has 1 heterocycles. The molecule has 4 aliphatic carbocycles. The highest BCUT2D eigenvalue weighted by molar-refractivity contribution is 5.89. The Bertz CT molecular complexity index is 693. The van der Waals surface area contributed by atoms with Crippen molar-refractivity contribution < 1.29 is 28.6 Å². The Balaban J connectivity index is 1.48. The molecule has 1 aliphatic heterocycles. The van der Waals surface area contributed by atoms with Crippen molar-refractivity contribution in [2.24, 2.45) is 34.5 Å². The minimum absolute atomic E-state index is 0.256. The molecule has 5 aliphatic rings. The van der Waals surface area contributed by atoms with Gasteiger partial charge in [-0.05, 0) is 90.4 Å². The van der Waals surface area contributed by atoms with E-state index >= 15 is 0 Å². The van der Waals surface area contributed by atoms with Crippen LogP contribution >= 0.6 is 0 Å². The Morgan fingerprint density at radius 3 is 1.93 bits per heavy atom. The molecule has 5 fully saturated rings. The molecule has 4 bridgehead atoms. The molecule has 0 N–H and O–H groups in total. The molecule has 0 aromatic carbocycles. The molecule has 5 rings (SSSR count). The van der Waals surface area contributed by atoms with Crippen molar-refractivity contribution in [3.8, 4) is 0 Å². The first kappa shape index (κ1) is 20.7. The Labute approximate surface area is 173 Å². The number of carbonyl (C=O) groups excluding carboxylic acids is 3. The summed E-state index contributed by atoms with van der Waals surface area (Å²) in [7, 11) is 0. The normalized spacial score (nSPS) is 38.7. The van der Waals surface area contributed by atoms with Gasteiger partial charge < -0.3 is 14.2 Å². The monoisotopic (exact) mass is 406 g/mol. The zero-order chi connectivity index (χ0) is 21.2. The molecular weight excluding hydrogens is 372 g/mol. The molecule has 162 valence electrons. The van der Waals surface area contributed by atoms with Gasteiger partial charge in [-0.25, -0.2) is 4.79 Å². The third kappa shape index (κ3) is 3.17. The molecule has 0 amide bonds. The second kappa shape index (κ2) is 6.71. The summed E-state index contributed by atoms with van der Waals surface area (Å²) in [6.45, 7) is 9.22. The van der Waals surface area contributed by atoms with Gasteiger partial charge in [0.25, 0.3) is 0 Å². The number of esters is 3. The van der Waals surface area contributed by atoms with Crippen LogP contribution in [0.5, 0.6) is 0 Å². The minimum atomic E-state index is -1.14. The summed E-state index contributed by atoms with van der Waals surface area (Å²) in [5, 5.41) is 0. The van der Waals surface area contributed by atoms with E-state index < -0.39 is 34.5 Å². The first-order valence-corrected chi connectivity index (χ1v) is 11.1. The molecule has 6 nitrogen and oxygen atoms in total. The van der Waals surface area contributed by atoms with Gasteiger partial charge in [-0.3, -0.25) is 9.59 Å². The summed E-state index contributed by atoms with van der Waals surface area (Å²) in [4.78, 5) is 38.0. The fourth-order valence-electron chi connectivity index (χ4n) is 5.99. The lowest BCUT2D eigenvalue weighted by Gasteiger charge is -2.59. The number of hydrogen-bond acceptors (Lipinski definition) is 6. The number of ether oxygens (including phenoxy) is 3. The van der Waals surface area contributed by atoms with Gasteiger partial charge in [0, 0.05) is 6.42 Å². The molecular formula is C23H34O6. The average molecular weight is 407 g/mol. The maximum atomic E-state index is 13.4. The van der Waals surface area contributed by atoms with Crippen molar-refractivity contribution in [2.45, 2.75) is 84.8 Å². The molecule has 0 aromatic rings. The van der Waals surface area contributed by atoms with E-state index in [4.69, 9.17) is 14.2 Å². The largest absolute Gasteiger partial charge is 0.463 e. The second-order valence-electron chi connectivity index (χ2n) is 11.0. The van der Waals surface area contributed by atoms with Crippen LogP contribution in [0.3, 0.4) is 0 Å². The summed E-state index contributed by atoms with van der Waals surface area (Å²) in [6, 6.07) is 0. The summed E-state index contributed by atoms with van der Waals surface area (Å²) >= 11 is 0. The van der Waals surface area contributed by atoms with Crippen LogP contribution in [0.4, 0.5) is 0 Å². The fourth-order valence-corrected chi connectivity index (χ4v) is 5.99. The van der Waals surface area contributed by atoms with Gasteiger partial charge in [-0.2, -0.15) is 0 Å². The average Bonchev–Trinajstić information content (AvgIpc) is 3.03. The number of carbonyl (C=O) groups is 3. The standard InChI is InChI=1S/C23H34O6/c1-21(2,19(25)28-17-6-7-27-18(17)24)22(3,4)20(26)29-23(5)15-9-13-8-14(11-15)12-16(23)10-13/h13-17H,6-12H2,1-5H3. The zero-order valence-electron chi connectivity index (χ0n) is 18.3. The van der Waals surface area contributed by atoms with Crippen LogP contribution in [0.15, 0.2) is 0 Å². The SMILES string of the molecule is CC1(OC(=O)C(C)(C)C(C)(C)C(=O)OC2CCOC2=O)C2CC3CC(C2)CC1C3. The molecule has 0 spiro atoms. The summed E-state index contributed by atoms with van der Waals surface area (Å²) in [5.41, 5.74) is -2.68. The van der Waals surface area contributed by atoms with E-state index in [0.717, 1.165) is 37.5 Å². The van der Waals surface area contributed by atoms with E-state index in [2.05, 4.69) is 6.92 Å². The molecule has 29 heavy (non-hydrogen) atoms. The number of hydrogen-bond donors (Lipinski definition) is 0. The first-order valence-electron chi connectivity index (χ1n) is 11.1. The summed E-state index contributed by atoms with van der Waals surface area (Å²) in [6.07, 6.45) is 5.40. The van der Waals surface area contributed by atoms with Gasteiger partial charge in [0.15, 0.2) is 0 Å². The third-order valence-electron chi connectivity index (χ3n) is 8.79. The van der Waals surface area contributed by atoms with Crippen molar-refractivity contribution in [1.29, 1.82) is 0 Å². The molecule has 4 saturated carbocycles. The van der Waals surface area contributed by atoms with Gasteiger partial charge in [0.1, 0.15) is 5.60 Å². The Morgan fingerprint density at radius 2 is 1.45 bits per heavy atom. The lowest BCUT2D eigenvalue weighted by Crippen LogP contribution is -2.60. The fraction of sp³-hybridized carbons (Fsp3) is 0.870. The molecule has 0 radical (unpaired) electrons. The smallest absolute Gasteiger partial charge is 0.347 e. The number of cyclic esters (lactones) is 1. The van der Waals surface area contributed by atoms with Gasteiger partial charge in [0.2, 0.25) is 6.10 Å². The quantitative estimate of drug-likeness (QED) is 0.512. The maximum Gasteiger partial charge on any atom is 0.347 e. The van der Waals surface area contributed by atoms with Crippen molar-refractivity contribution in [3.05, 3.63) is 0 Å². The lowest BCUT2D eigenvalue weighted by atomic mass is 9.50. The van der Waals surface area contributed by atoms with Gasteiger partial charge in [-0.15, -0.1) is 0 Å². The van der Waals surface area contributed by atoms with E-state index in [1.165, 1.54) is 6.42 Å². The van der Waals surface area contributed by atoms with Crippen molar-refractivity contribution in [2.75, 3.05) is 6.61 Å². The van der Waals surface area contributed by atoms with E-state index in [-0.39, 0.29) is 12.6 Å². The van der Waals surface area contributed by atoms with Gasteiger partial charge >= 0.3 is 17.9 Å². The third-order valence-corrected chi connectivity index (χ3v) is 8.79. The summed E-state index contributed by atoms with van der Waals surface area (Å²) < 4.78 is 16.6. The van der Waals surface area contributed by atoms with Crippen LogP contribution in [-0.2, 0) is 28.6 Å².